The maximum absolute atomic E-state index is 13.9. The predicted octanol–water partition coefficient (Wildman–Crippen LogP) is 2.58. The lowest BCUT2D eigenvalue weighted by atomic mass is 10.0. The number of alkyl halides is 1. The highest BCUT2D eigenvalue weighted by Crippen LogP contribution is 2.34. The van der Waals surface area contributed by atoms with Crippen molar-refractivity contribution in [3.05, 3.63) is 53.2 Å². The highest BCUT2D eigenvalue weighted by molar-refractivity contribution is 6.05. The average Bonchev–Trinajstić information content (AvgIpc) is 3.56. The zero-order valence-corrected chi connectivity index (χ0v) is 20.9. The normalized spacial score (nSPS) is 24.2. The van der Waals surface area contributed by atoms with E-state index in [0.717, 1.165) is 40.0 Å². The van der Waals surface area contributed by atoms with Crippen molar-refractivity contribution < 1.29 is 23.5 Å². The predicted molar refractivity (Wildman–Crippen MR) is 136 cm³/mol. The van der Waals surface area contributed by atoms with Gasteiger partial charge >= 0.3 is 0 Å². The van der Waals surface area contributed by atoms with Crippen molar-refractivity contribution in [2.75, 3.05) is 26.3 Å². The van der Waals surface area contributed by atoms with Crippen molar-refractivity contribution in [1.82, 2.24) is 24.7 Å². The van der Waals surface area contributed by atoms with Crippen molar-refractivity contribution in [3.63, 3.8) is 0 Å². The monoisotopic (exact) mass is 517 g/mol. The molecule has 6 heterocycles. The summed E-state index contributed by atoms with van der Waals surface area (Å²) < 4.78 is 21.5. The summed E-state index contributed by atoms with van der Waals surface area (Å²) in [4.78, 5) is 45.9. The Labute approximate surface area is 218 Å². The molecule has 1 aromatic carbocycles. The van der Waals surface area contributed by atoms with Gasteiger partial charge in [-0.3, -0.25) is 24.6 Å². The Kier molecular flexibility index (Phi) is 5.55. The number of hydrogen-bond donors (Lipinski definition) is 1. The van der Waals surface area contributed by atoms with Crippen molar-refractivity contribution >= 4 is 28.8 Å². The minimum atomic E-state index is -0.787. The van der Waals surface area contributed by atoms with Gasteiger partial charge in [0.05, 0.1) is 24.9 Å². The standard InChI is InChI=1S/C28H28FN5O4/c29-19-5-7-32(13-19)11-18-10-23(30-26-21(18)6-8-33(26)20-14-38-15-20)16-1-2-22-17(9-16)12-34(28(22)37)24-3-4-25(35)31-27(24)36/h1-2,6,8-10,19-20,24H,3-5,7,11-15H2,(H,31,35,36). The van der Waals surface area contributed by atoms with E-state index in [1.54, 1.807) is 11.0 Å². The van der Waals surface area contributed by atoms with Crippen LogP contribution in [0.1, 0.15) is 46.8 Å². The molecule has 10 heteroatoms. The molecule has 4 aliphatic rings. The number of fused-ring (bicyclic) bond motifs is 2. The maximum atomic E-state index is 13.9. The summed E-state index contributed by atoms with van der Waals surface area (Å²) in [6.07, 6.45) is 2.38. The summed E-state index contributed by atoms with van der Waals surface area (Å²) in [5.41, 5.74) is 5.05. The number of likely N-dealkylation sites (tertiary alicyclic amines) is 1. The number of imide groups is 1. The lowest BCUT2D eigenvalue weighted by Crippen LogP contribution is -2.52. The van der Waals surface area contributed by atoms with Gasteiger partial charge < -0.3 is 14.2 Å². The summed E-state index contributed by atoms with van der Waals surface area (Å²) in [7, 11) is 0. The third kappa shape index (κ3) is 3.90. The first kappa shape index (κ1) is 23.5. The van der Waals surface area contributed by atoms with E-state index in [0.29, 0.717) is 51.3 Å². The highest BCUT2D eigenvalue weighted by atomic mass is 19.1. The van der Waals surface area contributed by atoms with E-state index in [9.17, 15) is 18.8 Å². The van der Waals surface area contributed by atoms with E-state index in [1.165, 1.54) is 0 Å². The number of carbonyl (C=O) groups is 3. The molecule has 3 saturated heterocycles. The Morgan fingerprint density at radius 2 is 1.97 bits per heavy atom. The summed E-state index contributed by atoms with van der Waals surface area (Å²) in [6, 6.07) is 9.43. The minimum absolute atomic E-state index is 0.196. The molecule has 0 radical (unpaired) electrons. The quantitative estimate of drug-likeness (QED) is 0.523. The third-order valence-corrected chi connectivity index (χ3v) is 8.21. The van der Waals surface area contributed by atoms with Gasteiger partial charge in [-0.15, -0.1) is 0 Å². The van der Waals surface area contributed by atoms with Crippen LogP contribution in [-0.4, -0.2) is 75.6 Å². The summed E-state index contributed by atoms with van der Waals surface area (Å²) in [5.74, 6) is -0.916. The van der Waals surface area contributed by atoms with Gasteiger partial charge in [0.2, 0.25) is 11.8 Å². The van der Waals surface area contributed by atoms with Gasteiger partial charge in [0, 0.05) is 55.3 Å². The van der Waals surface area contributed by atoms with Crippen LogP contribution in [0.5, 0.6) is 0 Å². The first-order chi connectivity index (χ1) is 18.4. The number of aromatic nitrogens is 2. The fourth-order valence-corrected chi connectivity index (χ4v) is 6.06. The number of pyridine rings is 1. The minimum Gasteiger partial charge on any atom is -0.377 e. The lowest BCUT2D eigenvalue weighted by molar-refractivity contribution is -0.136. The van der Waals surface area contributed by atoms with Crippen LogP contribution >= 0.6 is 0 Å². The summed E-state index contributed by atoms with van der Waals surface area (Å²) in [6.45, 7) is 3.42. The van der Waals surface area contributed by atoms with Crippen molar-refractivity contribution in [1.29, 1.82) is 0 Å². The van der Waals surface area contributed by atoms with Crippen LogP contribution in [0, 0.1) is 0 Å². The lowest BCUT2D eigenvalue weighted by Gasteiger charge is -2.29. The molecule has 2 atom stereocenters. The Balaban J connectivity index is 1.24. The molecule has 0 bridgehead atoms. The topological polar surface area (TPSA) is 96.8 Å². The molecule has 3 aromatic rings. The molecule has 3 amide bonds. The summed E-state index contributed by atoms with van der Waals surface area (Å²) in [5, 5.41) is 3.41. The fourth-order valence-electron chi connectivity index (χ4n) is 6.06. The largest absolute Gasteiger partial charge is 0.377 e. The van der Waals surface area contributed by atoms with Gasteiger partial charge in [0.15, 0.2) is 0 Å². The first-order valence-electron chi connectivity index (χ1n) is 13.2. The Morgan fingerprint density at radius 1 is 1.11 bits per heavy atom. The van der Waals surface area contributed by atoms with E-state index >= 15 is 0 Å². The molecule has 0 aliphatic carbocycles. The molecular formula is C28H28FN5O4. The zero-order chi connectivity index (χ0) is 26.0. The Bertz CT molecular complexity index is 1480. The molecule has 7 rings (SSSR count). The number of rotatable bonds is 5. The molecule has 2 aromatic heterocycles. The molecular weight excluding hydrogens is 489 g/mol. The maximum Gasteiger partial charge on any atom is 0.255 e. The molecule has 38 heavy (non-hydrogen) atoms. The van der Waals surface area contributed by atoms with Gasteiger partial charge in [-0.05, 0) is 48.2 Å². The van der Waals surface area contributed by atoms with E-state index in [-0.39, 0.29) is 24.3 Å². The van der Waals surface area contributed by atoms with Crippen LogP contribution in [0.3, 0.4) is 0 Å². The number of carbonyl (C=O) groups excluding carboxylic acids is 3. The van der Waals surface area contributed by atoms with Crippen molar-refractivity contribution in [3.8, 4) is 11.3 Å². The number of halogens is 1. The number of nitrogens with zero attached hydrogens (tertiary/aromatic N) is 4. The van der Waals surface area contributed by atoms with E-state index in [4.69, 9.17) is 9.72 Å². The Hall–Kier alpha value is -3.63. The third-order valence-electron chi connectivity index (χ3n) is 8.21. The van der Waals surface area contributed by atoms with E-state index in [1.807, 2.05) is 12.1 Å². The molecule has 196 valence electrons. The van der Waals surface area contributed by atoms with E-state index < -0.39 is 18.1 Å². The molecule has 9 nitrogen and oxygen atoms in total. The summed E-state index contributed by atoms with van der Waals surface area (Å²) >= 11 is 0. The van der Waals surface area contributed by atoms with Gasteiger partial charge in [0.25, 0.3) is 5.91 Å². The molecule has 0 saturated carbocycles. The molecule has 2 unspecified atom stereocenters. The van der Waals surface area contributed by atoms with Gasteiger partial charge in [0.1, 0.15) is 17.9 Å². The second-order valence-electron chi connectivity index (χ2n) is 10.7. The average molecular weight is 518 g/mol. The van der Waals surface area contributed by atoms with Crippen molar-refractivity contribution in [2.45, 2.75) is 50.6 Å². The second kappa shape index (κ2) is 8.99. The highest BCUT2D eigenvalue weighted by Gasteiger charge is 2.39. The van der Waals surface area contributed by atoms with Crippen LogP contribution in [0.25, 0.3) is 22.3 Å². The number of ether oxygens (including phenoxy) is 1. The number of nitrogens with one attached hydrogen (secondary N) is 1. The van der Waals surface area contributed by atoms with Crippen LogP contribution in [0.15, 0.2) is 36.5 Å². The van der Waals surface area contributed by atoms with Gasteiger partial charge in [-0.2, -0.15) is 0 Å². The van der Waals surface area contributed by atoms with Crippen molar-refractivity contribution in [2.24, 2.45) is 0 Å². The number of piperidine rings is 1. The second-order valence-corrected chi connectivity index (χ2v) is 10.7. The van der Waals surface area contributed by atoms with Gasteiger partial charge in [-0.25, -0.2) is 9.37 Å². The molecule has 0 spiro atoms. The SMILES string of the molecule is O=C1CCC(N2Cc3cc(-c4cc(CN5CCC(F)C5)c5ccn(C6COC6)c5n4)ccc3C2=O)C(=O)N1. The molecule has 1 N–H and O–H groups in total. The van der Waals surface area contributed by atoms with Crippen LogP contribution in [0.4, 0.5) is 4.39 Å². The first-order valence-corrected chi connectivity index (χ1v) is 13.2. The number of benzene rings is 1. The number of hydrogen-bond acceptors (Lipinski definition) is 6. The fraction of sp³-hybridized carbons (Fsp3) is 0.429. The number of amides is 3. The molecule has 4 aliphatic heterocycles. The van der Waals surface area contributed by atoms with E-state index in [2.05, 4.69) is 33.1 Å². The Morgan fingerprint density at radius 3 is 2.71 bits per heavy atom. The van der Waals surface area contributed by atoms with Crippen LogP contribution in [0.2, 0.25) is 0 Å². The van der Waals surface area contributed by atoms with Crippen LogP contribution < -0.4 is 5.32 Å². The smallest absolute Gasteiger partial charge is 0.255 e. The zero-order valence-electron chi connectivity index (χ0n) is 20.9. The molecule has 3 fully saturated rings. The van der Waals surface area contributed by atoms with Gasteiger partial charge in [-0.1, -0.05) is 6.07 Å². The van der Waals surface area contributed by atoms with Crippen LogP contribution in [-0.2, 0) is 27.4 Å².